The molecule has 0 aliphatic carbocycles. The van der Waals surface area contributed by atoms with Crippen LogP contribution in [0.2, 0.25) is 0 Å². The number of para-hydroxylation sites is 3. The Morgan fingerprint density at radius 3 is 1.59 bits per heavy atom. The first-order valence-corrected chi connectivity index (χ1v) is 16.5. The minimum absolute atomic E-state index is 0.820. The highest BCUT2D eigenvalue weighted by molar-refractivity contribution is 6.21. The fourth-order valence-corrected chi connectivity index (χ4v) is 7.83. The SMILES string of the molecule is c1cnc2c(c1)c1nc(-c3ccc(-n4c5ccccc5c5cc(-n6c7ccccc7c7ccccc76)ccc54)cc3)[nH]c1c1cccnc12. The Balaban J connectivity index is 1.07. The number of imidazole rings is 1. The van der Waals surface area contributed by atoms with Crippen LogP contribution >= 0.6 is 0 Å². The van der Waals surface area contributed by atoms with Gasteiger partial charge >= 0.3 is 0 Å². The van der Waals surface area contributed by atoms with E-state index < -0.39 is 0 Å². The maximum atomic E-state index is 5.10. The largest absolute Gasteiger partial charge is 0.337 e. The molecule has 11 rings (SSSR count). The van der Waals surface area contributed by atoms with E-state index in [1.807, 2.05) is 24.5 Å². The lowest BCUT2D eigenvalue weighted by molar-refractivity contribution is 1.16. The third kappa shape index (κ3) is 3.68. The van der Waals surface area contributed by atoms with E-state index in [2.05, 4.69) is 151 Å². The number of H-pyrrole nitrogens is 1. The molecule has 0 radical (unpaired) electrons. The summed E-state index contributed by atoms with van der Waals surface area (Å²) in [6.45, 7) is 0. The number of aromatic nitrogens is 6. The molecule has 6 nitrogen and oxygen atoms in total. The fraction of sp³-hybridized carbons (Fsp3) is 0. The van der Waals surface area contributed by atoms with Gasteiger partial charge in [-0.2, -0.15) is 0 Å². The molecule has 228 valence electrons. The topological polar surface area (TPSA) is 64.3 Å². The van der Waals surface area contributed by atoms with Gasteiger partial charge in [-0.05, 0) is 84.9 Å². The van der Waals surface area contributed by atoms with E-state index >= 15 is 0 Å². The third-order valence-electron chi connectivity index (χ3n) is 9.96. The summed E-state index contributed by atoms with van der Waals surface area (Å²) in [5, 5.41) is 6.98. The van der Waals surface area contributed by atoms with E-state index in [-0.39, 0.29) is 0 Å². The monoisotopic (exact) mass is 626 g/mol. The van der Waals surface area contributed by atoms with Gasteiger partial charge in [0.2, 0.25) is 0 Å². The first-order valence-electron chi connectivity index (χ1n) is 16.5. The molecule has 0 spiro atoms. The first kappa shape index (κ1) is 26.3. The van der Waals surface area contributed by atoms with Gasteiger partial charge in [-0.15, -0.1) is 0 Å². The van der Waals surface area contributed by atoms with E-state index in [0.29, 0.717) is 0 Å². The van der Waals surface area contributed by atoms with Gasteiger partial charge in [-0.25, -0.2) is 4.98 Å². The number of nitrogens with one attached hydrogen (secondary N) is 1. The molecular weight excluding hydrogens is 601 g/mol. The quantitative estimate of drug-likeness (QED) is 0.199. The Labute approximate surface area is 279 Å². The van der Waals surface area contributed by atoms with Crippen LogP contribution in [0.15, 0.2) is 152 Å². The standard InChI is InChI=1S/C43H26N6/c1-4-14-35-29(9-1)30-10-2-5-15-36(30)49(35)28-21-22-38-34(25-28)31-11-3-6-16-37(31)48(38)27-19-17-26(18-20-27)43-46-41-32-12-7-23-44-39(32)40-33(42(41)47-43)13-8-24-45-40/h1-25H,(H,46,47). The maximum absolute atomic E-state index is 5.10. The summed E-state index contributed by atoms with van der Waals surface area (Å²) in [5.74, 6) is 0.820. The second-order valence-electron chi connectivity index (χ2n) is 12.6. The average molecular weight is 627 g/mol. The Hall–Kier alpha value is -6.79. The van der Waals surface area contributed by atoms with Gasteiger partial charge in [0, 0.05) is 61.6 Å². The highest BCUT2D eigenvalue weighted by Gasteiger charge is 2.18. The van der Waals surface area contributed by atoms with Gasteiger partial charge in [0.1, 0.15) is 5.82 Å². The molecule has 0 amide bonds. The molecule has 0 saturated carbocycles. The van der Waals surface area contributed by atoms with Crippen LogP contribution in [0.5, 0.6) is 0 Å². The number of hydrogen-bond donors (Lipinski definition) is 1. The van der Waals surface area contributed by atoms with Crippen molar-refractivity contribution >= 4 is 76.5 Å². The summed E-state index contributed by atoms with van der Waals surface area (Å²) in [5.41, 5.74) is 11.7. The lowest BCUT2D eigenvalue weighted by atomic mass is 10.1. The van der Waals surface area contributed by atoms with Crippen molar-refractivity contribution in [3.63, 3.8) is 0 Å². The van der Waals surface area contributed by atoms with Crippen molar-refractivity contribution in [3.8, 4) is 22.8 Å². The number of nitrogens with zero attached hydrogens (tertiary/aromatic N) is 5. The predicted molar refractivity (Wildman–Crippen MR) is 201 cm³/mol. The van der Waals surface area contributed by atoms with E-state index in [1.165, 1.54) is 43.6 Å². The van der Waals surface area contributed by atoms with E-state index in [4.69, 9.17) is 4.98 Å². The molecule has 0 aliphatic heterocycles. The van der Waals surface area contributed by atoms with Gasteiger partial charge in [-0.1, -0.05) is 54.6 Å². The van der Waals surface area contributed by atoms with Crippen molar-refractivity contribution in [1.82, 2.24) is 29.1 Å². The van der Waals surface area contributed by atoms with Crippen molar-refractivity contribution in [3.05, 3.63) is 152 Å². The van der Waals surface area contributed by atoms with Gasteiger partial charge in [0.15, 0.2) is 0 Å². The van der Waals surface area contributed by atoms with Gasteiger partial charge in [-0.3, -0.25) is 9.97 Å². The number of benzene rings is 6. The highest BCUT2D eigenvalue weighted by Crippen LogP contribution is 2.38. The summed E-state index contributed by atoms with van der Waals surface area (Å²) >= 11 is 0. The van der Waals surface area contributed by atoms with Crippen molar-refractivity contribution < 1.29 is 0 Å². The van der Waals surface area contributed by atoms with Gasteiger partial charge in [0.05, 0.1) is 44.1 Å². The van der Waals surface area contributed by atoms with Crippen molar-refractivity contribution in [2.24, 2.45) is 0 Å². The Morgan fingerprint density at radius 1 is 0.408 bits per heavy atom. The number of aromatic amines is 1. The molecule has 5 aromatic heterocycles. The lowest BCUT2D eigenvalue weighted by Gasteiger charge is -2.10. The van der Waals surface area contributed by atoms with Crippen LogP contribution in [0.4, 0.5) is 0 Å². The molecule has 0 bridgehead atoms. The Morgan fingerprint density at radius 2 is 0.918 bits per heavy atom. The molecule has 0 fully saturated rings. The fourth-order valence-electron chi connectivity index (χ4n) is 7.83. The molecule has 0 atom stereocenters. The molecule has 1 N–H and O–H groups in total. The van der Waals surface area contributed by atoms with Crippen LogP contribution < -0.4 is 0 Å². The van der Waals surface area contributed by atoms with Gasteiger partial charge in [0.25, 0.3) is 0 Å². The zero-order valence-electron chi connectivity index (χ0n) is 26.2. The third-order valence-corrected chi connectivity index (χ3v) is 9.96. The molecule has 6 aromatic carbocycles. The van der Waals surface area contributed by atoms with E-state index in [1.54, 1.807) is 0 Å². The van der Waals surface area contributed by atoms with Crippen molar-refractivity contribution in [2.75, 3.05) is 0 Å². The summed E-state index contributed by atoms with van der Waals surface area (Å²) < 4.78 is 4.75. The highest BCUT2D eigenvalue weighted by atomic mass is 15.0. The number of fused-ring (bicyclic) bond motifs is 12. The van der Waals surface area contributed by atoms with Gasteiger partial charge < -0.3 is 14.1 Å². The Kier molecular flexibility index (Phi) is 5.29. The first-order chi connectivity index (χ1) is 24.3. The molecule has 11 aromatic rings. The van der Waals surface area contributed by atoms with Crippen LogP contribution in [0.25, 0.3) is 99.2 Å². The second kappa shape index (κ2) is 9.86. The Bertz CT molecular complexity index is 2980. The van der Waals surface area contributed by atoms with Crippen molar-refractivity contribution in [2.45, 2.75) is 0 Å². The van der Waals surface area contributed by atoms with Crippen LogP contribution in [0.1, 0.15) is 0 Å². The minimum Gasteiger partial charge on any atom is -0.337 e. The number of pyridine rings is 2. The number of rotatable bonds is 3. The molecule has 0 aliphatic rings. The summed E-state index contributed by atoms with van der Waals surface area (Å²) in [6, 6.07) is 49.6. The summed E-state index contributed by atoms with van der Waals surface area (Å²) in [6.07, 6.45) is 3.63. The second-order valence-corrected chi connectivity index (χ2v) is 12.6. The minimum atomic E-state index is 0.820. The zero-order valence-corrected chi connectivity index (χ0v) is 26.2. The molecule has 6 heteroatoms. The van der Waals surface area contributed by atoms with Crippen LogP contribution in [0.3, 0.4) is 0 Å². The molecular formula is C43H26N6. The smallest absolute Gasteiger partial charge is 0.138 e. The summed E-state index contributed by atoms with van der Waals surface area (Å²) in [4.78, 5) is 18.0. The van der Waals surface area contributed by atoms with Crippen LogP contribution in [-0.2, 0) is 0 Å². The zero-order chi connectivity index (χ0) is 32.1. The normalized spacial score (nSPS) is 12.1. The van der Waals surface area contributed by atoms with E-state index in [9.17, 15) is 0 Å². The lowest BCUT2D eigenvalue weighted by Crippen LogP contribution is -1.96. The molecule has 0 unspecified atom stereocenters. The summed E-state index contributed by atoms with van der Waals surface area (Å²) in [7, 11) is 0. The van der Waals surface area contributed by atoms with E-state index in [0.717, 1.165) is 55.6 Å². The van der Waals surface area contributed by atoms with Crippen LogP contribution in [0, 0.1) is 0 Å². The average Bonchev–Trinajstić information content (AvgIpc) is 3.86. The molecule has 0 saturated heterocycles. The molecule has 49 heavy (non-hydrogen) atoms. The molecule has 5 heterocycles. The van der Waals surface area contributed by atoms with Crippen molar-refractivity contribution in [1.29, 1.82) is 0 Å². The maximum Gasteiger partial charge on any atom is 0.138 e. The number of hydrogen-bond acceptors (Lipinski definition) is 3. The predicted octanol–water partition coefficient (Wildman–Crippen LogP) is 10.5. The van der Waals surface area contributed by atoms with Crippen LogP contribution in [-0.4, -0.2) is 29.1 Å².